The van der Waals surface area contributed by atoms with Crippen LogP contribution in [0, 0.1) is 0 Å². The van der Waals surface area contributed by atoms with Gasteiger partial charge in [-0.3, -0.25) is 19.7 Å². The molecule has 0 saturated heterocycles. The summed E-state index contributed by atoms with van der Waals surface area (Å²) in [6.45, 7) is -0.500. The molecule has 2 amide bonds. The summed E-state index contributed by atoms with van der Waals surface area (Å²) in [5.74, 6) is -0.853. The van der Waals surface area contributed by atoms with E-state index in [-0.39, 0.29) is 12.3 Å². The van der Waals surface area contributed by atoms with Gasteiger partial charge in [0, 0.05) is 23.5 Å². The molecule has 2 aromatic heterocycles. The lowest BCUT2D eigenvalue weighted by Gasteiger charge is -2.16. The van der Waals surface area contributed by atoms with Crippen molar-refractivity contribution in [3.63, 3.8) is 0 Å². The van der Waals surface area contributed by atoms with E-state index in [1.165, 1.54) is 0 Å². The number of anilines is 1. The molecule has 1 atom stereocenters. The number of nitrogens with one attached hydrogen (secondary N) is 3. The molecule has 3 rings (SSSR count). The van der Waals surface area contributed by atoms with Crippen molar-refractivity contribution in [3.8, 4) is 0 Å². The highest BCUT2D eigenvalue weighted by atomic mass is 16.3. The summed E-state index contributed by atoms with van der Waals surface area (Å²) < 4.78 is 0. The van der Waals surface area contributed by atoms with Gasteiger partial charge in [0.05, 0.1) is 24.7 Å². The Bertz CT molecular complexity index is 878. The fraction of sp³-hybridized carbons (Fsp3) is 0.176. The van der Waals surface area contributed by atoms with E-state index in [9.17, 15) is 14.7 Å². The van der Waals surface area contributed by atoms with Gasteiger partial charge in [-0.25, -0.2) is 0 Å². The van der Waals surface area contributed by atoms with E-state index < -0.39 is 18.6 Å². The van der Waals surface area contributed by atoms with Crippen molar-refractivity contribution in [1.29, 1.82) is 0 Å². The maximum atomic E-state index is 12.3. The summed E-state index contributed by atoms with van der Waals surface area (Å²) in [4.78, 5) is 28.2. The van der Waals surface area contributed by atoms with E-state index in [4.69, 9.17) is 0 Å². The van der Waals surface area contributed by atoms with Crippen molar-refractivity contribution in [2.45, 2.75) is 12.5 Å². The molecule has 0 radical (unpaired) electrons. The van der Waals surface area contributed by atoms with Gasteiger partial charge in [0.25, 0.3) is 0 Å². The quantitative estimate of drug-likeness (QED) is 0.525. The number of aromatic amines is 1. The first-order valence-corrected chi connectivity index (χ1v) is 7.69. The van der Waals surface area contributed by atoms with Gasteiger partial charge >= 0.3 is 0 Å². The van der Waals surface area contributed by atoms with Crippen LogP contribution in [-0.2, 0) is 16.0 Å². The Morgan fingerprint density at radius 1 is 1.20 bits per heavy atom. The van der Waals surface area contributed by atoms with Gasteiger partial charge in [-0.2, -0.15) is 5.10 Å². The molecule has 0 aliphatic carbocycles. The van der Waals surface area contributed by atoms with Gasteiger partial charge in [-0.05, 0) is 35.9 Å². The zero-order valence-corrected chi connectivity index (χ0v) is 13.3. The Kier molecular flexibility index (Phi) is 5.00. The lowest BCUT2D eigenvalue weighted by molar-refractivity contribution is -0.126. The van der Waals surface area contributed by atoms with E-state index in [0.717, 1.165) is 16.5 Å². The van der Waals surface area contributed by atoms with Crippen LogP contribution in [0.1, 0.15) is 5.56 Å². The van der Waals surface area contributed by atoms with Gasteiger partial charge in [0.2, 0.25) is 11.8 Å². The number of aliphatic hydroxyl groups is 1. The zero-order valence-electron chi connectivity index (χ0n) is 13.3. The number of hydrogen-bond donors (Lipinski definition) is 4. The van der Waals surface area contributed by atoms with E-state index >= 15 is 0 Å². The fourth-order valence-corrected chi connectivity index (χ4v) is 2.37. The van der Waals surface area contributed by atoms with E-state index in [1.807, 2.05) is 6.07 Å². The predicted molar refractivity (Wildman–Crippen MR) is 91.7 cm³/mol. The largest absolute Gasteiger partial charge is 0.394 e. The number of nitrogens with zero attached hydrogens (tertiary/aromatic N) is 2. The molecule has 128 valence electrons. The van der Waals surface area contributed by atoms with Crippen LogP contribution in [0.4, 0.5) is 5.69 Å². The summed E-state index contributed by atoms with van der Waals surface area (Å²) in [7, 11) is 0. The second-order valence-corrected chi connectivity index (χ2v) is 5.50. The number of H-pyrrole nitrogens is 1. The fourth-order valence-electron chi connectivity index (χ4n) is 2.37. The second kappa shape index (κ2) is 7.54. The second-order valence-electron chi connectivity index (χ2n) is 5.50. The normalized spacial score (nSPS) is 11.9. The molecule has 0 saturated carbocycles. The molecule has 25 heavy (non-hydrogen) atoms. The highest BCUT2D eigenvalue weighted by molar-refractivity contribution is 5.98. The maximum Gasteiger partial charge on any atom is 0.249 e. The first kappa shape index (κ1) is 16.6. The Hall–Kier alpha value is -3.26. The standard InChI is InChI=1S/C17H17N5O3/c23-10-15(21-16(24)7-11-3-5-18-6-4-11)17(25)20-13-2-1-12-9-19-22-14(12)8-13/h1-6,8-9,15,23H,7,10H2,(H,19,22)(H,20,25)(H,21,24)/t15-/m0/s1. The molecule has 0 unspecified atom stereocenters. The van der Waals surface area contributed by atoms with Crippen molar-refractivity contribution < 1.29 is 14.7 Å². The van der Waals surface area contributed by atoms with Crippen LogP contribution >= 0.6 is 0 Å². The molecule has 8 nitrogen and oxygen atoms in total. The molecular formula is C17H17N5O3. The Morgan fingerprint density at radius 3 is 2.76 bits per heavy atom. The summed E-state index contributed by atoms with van der Waals surface area (Å²) in [5.41, 5.74) is 2.10. The zero-order chi connectivity index (χ0) is 17.6. The molecule has 2 heterocycles. The number of amides is 2. The molecule has 0 bridgehead atoms. The minimum atomic E-state index is -1.04. The molecular weight excluding hydrogens is 322 g/mol. The molecule has 8 heteroatoms. The molecule has 0 aliphatic heterocycles. The Balaban J connectivity index is 1.61. The van der Waals surface area contributed by atoms with E-state index in [1.54, 1.807) is 42.9 Å². The van der Waals surface area contributed by atoms with Crippen molar-refractivity contribution in [1.82, 2.24) is 20.5 Å². The lowest BCUT2D eigenvalue weighted by Crippen LogP contribution is -2.46. The van der Waals surface area contributed by atoms with Gasteiger partial charge in [0.1, 0.15) is 6.04 Å². The first-order valence-electron chi connectivity index (χ1n) is 7.69. The summed E-state index contributed by atoms with van der Waals surface area (Å²) in [6.07, 6.45) is 4.96. The average molecular weight is 339 g/mol. The molecule has 1 aromatic carbocycles. The number of carbonyl (C=O) groups excluding carboxylic acids is 2. The SMILES string of the molecule is O=C(Cc1ccncc1)N[C@@H](CO)C(=O)Nc1ccc2cn[nH]c2c1. The molecule has 0 aliphatic rings. The molecule has 4 N–H and O–H groups in total. The van der Waals surface area contributed by atoms with Crippen LogP contribution in [0.2, 0.25) is 0 Å². The number of carbonyl (C=O) groups is 2. The number of aliphatic hydroxyl groups excluding tert-OH is 1. The summed E-state index contributed by atoms with van der Waals surface area (Å²) in [5, 5.41) is 22.3. The lowest BCUT2D eigenvalue weighted by atomic mass is 10.1. The number of rotatable bonds is 6. The van der Waals surface area contributed by atoms with Gasteiger partial charge in [-0.1, -0.05) is 0 Å². The van der Waals surface area contributed by atoms with Crippen LogP contribution in [-0.4, -0.2) is 44.8 Å². The Morgan fingerprint density at radius 2 is 2.00 bits per heavy atom. The number of aromatic nitrogens is 3. The van der Waals surface area contributed by atoms with Crippen LogP contribution in [0.5, 0.6) is 0 Å². The van der Waals surface area contributed by atoms with Crippen LogP contribution < -0.4 is 10.6 Å². The van der Waals surface area contributed by atoms with Crippen LogP contribution in [0.15, 0.2) is 48.9 Å². The molecule has 0 fully saturated rings. The smallest absolute Gasteiger partial charge is 0.249 e. The highest BCUT2D eigenvalue weighted by Crippen LogP contribution is 2.16. The van der Waals surface area contributed by atoms with E-state index in [2.05, 4.69) is 25.8 Å². The van der Waals surface area contributed by atoms with Gasteiger partial charge in [-0.15, -0.1) is 0 Å². The van der Waals surface area contributed by atoms with Gasteiger partial charge in [0.15, 0.2) is 0 Å². The van der Waals surface area contributed by atoms with Crippen LogP contribution in [0.25, 0.3) is 10.9 Å². The van der Waals surface area contributed by atoms with Crippen molar-refractivity contribution >= 4 is 28.4 Å². The maximum absolute atomic E-state index is 12.3. The Labute approximate surface area is 143 Å². The summed E-state index contributed by atoms with van der Waals surface area (Å²) >= 11 is 0. The number of benzene rings is 1. The highest BCUT2D eigenvalue weighted by Gasteiger charge is 2.20. The van der Waals surface area contributed by atoms with Crippen LogP contribution in [0.3, 0.4) is 0 Å². The van der Waals surface area contributed by atoms with Gasteiger partial charge < -0.3 is 15.7 Å². The minimum absolute atomic E-state index is 0.104. The predicted octanol–water partition coefficient (Wildman–Crippen LogP) is 0.616. The molecule has 3 aromatic rings. The number of hydrogen-bond acceptors (Lipinski definition) is 5. The first-order chi connectivity index (χ1) is 12.2. The number of pyridine rings is 1. The number of fused-ring (bicyclic) bond motifs is 1. The van der Waals surface area contributed by atoms with E-state index in [0.29, 0.717) is 5.69 Å². The third-order valence-electron chi connectivity index (χ3n) is 3.66. The van der Waals surface area contributed by atoms with Crippen molar-refractivity contribution in [3.05, 3.63) is 54.5 Å². The topological polar surface area (TPSA) is 120 Å². The minimum Gasteiger partial charge on any atom is -0.394 e. The summed E-state index contributed by atoms with van der Waals surface area (Å²) in [6, 6.07) is 7.66. The monoisotopic (exact) mass is 339 g/mol. The van der Waals surface area contributed by atoms with Crippen molar-refractivity contribution in [2.24, 2.45) is 0 Å². The third kappa shape index (κ3) is 4.18. The molecule has 0 spiro atoms. The average Bonchev–Trinajstić information content (AvgIpc) is 3.08. The van der Waals surface area contributed by atoms with Crippen molar-refractivity contribution in [2.75, 3.05) is 11.9 Å². The third-order valence-corrected chi connectivity index (χ3v) is 3.66.